The molecule has 0 radical (unpaired) electrons. The van der Waals surface area contributed by atoms with Gasteiger partial charge in [0.25, 0.3) is 0 Å². The second-order valence-electron chi connectivity index (χ2n) is 8.37. The van der Waals surface area contributed by atoms with E-state index in [1.54, 1.807) is 0 Å². The summed E-state index contributed by atoms with van der Waals surface area (Å²) < 4.78 is 0. The van der Waals surface area contributed by atoms with Gasteiger partial charge in [-0.15, -0.1) is 6.58 Å². The van der Waals surface area contributed by atoms with Crippen LogP contribution in [0.2, 0.25) is 0 Å². The minimum atomic E-state index is 0.526. The van der Waals surface area contributed by atoms with Crippen LogP contribution in [-0.4, -0.2) is 0 Å². The van der Waals surface area contributed by atoms with Crippen LogP contribution in [0.15, 0.2) is 134 Å². The van der Waals surface area contributed by atoms with Crippen LogP contribution in [0.1, 0.15) is 19.8 Å². The maximum absolute atomic E-state index is 3.90. The van der Waals surface area contributed by atoms with Gasteiger partial charge in [-0.2, -0.15) is 0 Å². The molecule has 0 amide bonds. The molecule has 1 atom stereocenters. The SMILES string of the molecule is C=C[C@@H](C)CC/C=C\N(c1ccc(-c2ccccc2)cc1)c1ccc(-c2ccccc2)cc1. The fourth-order valence-corrected chi connectivity index (χ4v) is 3.87. The summed E-state index contributed by atoms with van der Waals surface area (Å²) in [7, 11) is 0. The van der Waals surface area contributed by atoms with Crippen LogP contribution >= 0.6 is 0 Å². The number of allylic oxidation sites excluding steroid dienone is 2. The lowest BCUT2D eigenvalue weighted by Gasteiger charge is -2.22. The lowest BCUT2D eigenvalue weighted by Crippen LogP contribution is -2.08. The highest BCUT2D eigenvalue weighted by molar-refractivity contribution is 5.73. The standard InChI is InChI=1S/C32H31N/c1-3-26(2)12-10-11-25-33(31-21-17-29(18-22-31)27-13-6-4-7-14-27)32-23-19-30(20-24-32)28-15-8-5-9-16-28/h3-9,11,13-26H,1,10,12H2,2H3/b25-11-/t26-/m1/s1. The molecule has 0 aliphatic heterocycles. The van der Waals surface area contributed by atoms with Crippen LogP contribution < -0.4 is 4.90 Å². The zero-order valence-corrected chi connectivity index (χ0v) is 19.3. The molecule has 0 aliphatic carbocycles. The Morgan fingerprint density at radius 2 is 1.06 bits per heavy atom. The van der Waals surface area contributed by atoms with Gasteiger partial charge in [0.2, 0.25) is 0 Å². The van der Waals surface area contributed by atoms with E-state index in [1.165, 1.54) is 22.3 Å². The van der Waals surface area contributed by atoms with Crippen molar-refractivity contribution in [2.45, 2.75) is 19.8 Å². The lowest BCUT2D eigenvalue weighted by atomic mass is 10.0. The van der Waals surface area contributed by atoms with Gasteiger partial charge in [-0.25, -0.2) is 0 Å². The highest BCUT2D eigenvalue weighted by Crippen LogP contribution is 2.31. The summed E-state index contributed by atoms with van der Waals surface area (Å²) >= 11 is 0. The van der Waals surface area contributed by atoms with Crippen LogP contribution in [0.5, 0.6) is 0 Å². The fraction of sp³-hybridized carbons (Fsp3) is 0.125. The van der Waals surface area contributed by atoms with E-state index in [4.69, 9.17) is 0 Å². The third-order valence-electron chi connectivity index (χ3n) is 5.95. The van der Waals surface area contributed by atoms with E-state index in [0.717, 1.165) is 24.2 Å². The molecule has 0 aromatic heterocycles. The van der Waals surface area contributed by atoms with Crippen molar-refractivity contribution in [2.75, 3.05) is 4.90 Å². The van der Waals surface area contributed by atoms with Crippen molar-refractivity contribution in [1.82, 2.24) is 0 Å². The number of rotatable bonds is 9. The molecule has 4 aromatic carbocycles. The van der Waals surface area contributed by atoms with Gasteiger partial charge >= 0.3 is 0 Å². The molecule has 164 valence electrons. The van der Waals surface area contributed by atoms with E-state index in [9.17, 15) is 0 Å². The van der Waals surface area contributed by atoms with E-state index in [2.05, 4.69) is 140 Å². The maximum Gasteiger partial charge on any atom is 0.0455 e. The number of hydrogen-bond donors (Lipinski definition) is 0. The Hall–Kier alpha value is -3.84. The first kappa shape index (κ1) is 22.4. The summed E-state index contributed by atoms with van der Waals surface area (Å²) in [6.45, 7) is 6.11. The predicted octanol–water partition coefficient (Wildman–Crippen LogP) is 9.27. The van der Waals surface area contributed by atoms with E-state index >= 15 is 0 Å². The first-order valence-electron chi connectivity index (χ1n) is 11.6. The lowest BCUT2D eigenvalue weighted by molar-refractivity contribution is 0.659. The average molecular weight is 430 g/mol. The van der Waals surface area contributed by atoms with Gasteiger partial charge < -0.3 is 4.90 Å². The molecule has 0 heterocycles. The highest BCUT2D eigenvalue weighted by Gasteiger charge is 2.08. The molecular formula is C32H31N. The Balaban J connectivity index is 1.60. The Labute approximate surface area is 198 Å². The molecule has 0 fully saturated rings. The summed E-state index contributed by atoms with van der Waals surface area (Å²) in [5.74, 6) is 0.526. The molecule has 33 heavy (non-hydrogen) atoms. The van der Waals surface area contributed by atoms with Crippen molar-refractivity contribution in [1.29, 1.82) is 0 Å². The van der Waals surface area contributed by atoms with Crippen molar-refractivity contribution >= 4 is 11.4 Å². The van der Waals surface area contributed by atoms with Crippen LogP contribution in [0.4, 0.5) is 11.4 Å². The van der Waals surface area contributed by atoms with Gasteiger partial charge in [0.15, 0.2) is 0 Å². The molecule has 4 aromatic rings. The van der Waals surface area contributed by atoms with E-state index in [-0.39, 0.29) is 0 Å². The Bertz CT molecular complexity index is 1070. The molecule has 0 spiro atoms. The molecule has 4 rings (SSSR count). The first-order valence-corrected chi connectivity index (χ1v) is 11.6. The summed E-state index contributed by atoms with van der Waals surface area (Å²) in [6.07, 6.45) is 8.61. The normalized spacial score (nSPS) is 11.9. The highest BCUT2D eigenvalue weighted by atomic mass is 15.1. The monoisotopic (exact) mass is 429 g/mol. The fourth-order valence-electron chi connectivity index (χ4n) is 3.87. The van der Waals surface area contributed by atoms with E-state index in [0.29, 0.717) is 5.92 Å². The van der Waals surface area contributed by atoms with Gasteiger partial charge in [-0.05, 0) is 65.3 Å². The molecular weight excluding hydrogens is 398 g/mol. The summed E-state index contributed by atoms with van der Waals surface area (Å²) in [5.41, 5.74) is 7.21. The number of benzene rings is 4. The Kier molecular flexibility index (Phi) is 7.56. The predicted molar refractivity (Wildman–Crippen MR) is 144 cm³/mol. The molecule has 0 saturated heterocycles. The Morgan fingerprint density at radius 3 is 1.48 bits per heavy atom. The molecule has 0 aliphatic rings. The summed E-state index contributed by atoms with van der Waals surface area (Å²) in [5, 5.41) is 0. The van der Waals surface area contributed by atoms with Gasteiger partial charge in [-0.3, -0.25) is 0 Å². The second kappa shape index (κ2) is 11.2. The van der Waals surface area contributed by atoms with Crippen molar-refractivity contribution in [3.8, 4) is 22.3 Å². The maximum atomic E-state index is 3.90. The second-order valence-corrected chi connectivity index (χ2v) is 8.37. The van der Waals surface area contributed by atoms with Crippen molar-refractivity contribution < 1.29 is 0 Å². The molecule has 0 saturated carbocycles. The minimum absolute atomic E-state index is 0.526. The third kappa shape index (κ3) is 5.90. The molecule has 0 bridgehead atoms. The van der Waals surface area contributed by atoms with E-state index < -0.39 is 0 Å². The quantitative estimate of drug-likeness (QED) is 0.240. The van der Waals surface area contributed by atoms with Crippen LogP contribution in [0.25, 0.3) is 22.3 Å². The third-order valence-corrected chi connectivity index (χ3v) is 5.95. The van der Waals surface area contributed by atoms with Crippen LogP contribution in [0, 0.1) is 5.92 Å². The van der Waals surface area contributed by atoms with Gasteiger partial charge in [0.05, 0.1) is 0 Å². The van der Waals surface area contributed by atoms with Crippen LogP contribution in [0.3, 0.4) is 0 Å². The van der Waals surface area contributed by atoms with Gasteiger partial charge in [0, 0.05) is 17.6 Å². The van der Waals surface area contributed by atoms with Gasteiger partial charge in [-0.1, -0.05) is 104 Å². The minimum Gasteiger partial charge on any atom is -0.318 e. The smallest absolute Gasteiger partial charge is 0.0455 e. The molecule has 1 heteroatoms. The number of anilines is 2. The van der Waals surface area contributed by atoms with Gasteiger partial charge in [0.1, 0.15) is 0 Å². The average Bonchev–Trinajstić information content (AvgIpc) is 2.90. The summed E-state index contributed by atoms with van der Waals surface area (Å²) in [4.78, 5) is 2.27. The van der Waals surface area contributed by atoms with Crippen molar-refractivity contribution in [3.63, 3.8) is 0 Å². The van der Waals surface area contributed by atoms with Crippen molar-refractivity contribution in [3.05, 3.63) is 134 Å². The number of nitrogens with zero attached hydrogens (tertiary/aromatic N) is 1. The summed E-state index contributed by atoms with van der Waals surface area (Å²) in [6, 6.07) is 38.6. The van der Waals surface area contributed by atoms with Crippen molar-refractivity contribution in [2.24, 2.45) is 5.92 Å². The largest absolute Gasteiger partial charge is 0.318 e. The molecule has 0 unspecified atom stereocenters. The number of hydrogen-bond acceptors (Lipinski definition) is 1. The molecule has 1 nitrogen and oxygen atoms in total. The Morgan fingerprint density at radius 1 is 0.636 bits per heavy atom. The zero-order chi connectivity index (χ0) is 22.9. The zero-order valence-electron chi connectivity index (χ0n) is 19.3. The molecule has 0 N–H and O–H groups in total. The topological polar surface area (TPSA) is 3.24 Å². The van der Waals surface area contributed by atoms with Crippen LogP contribution in [-0.2, 0) is 0 Å². The van der Waals surface area contributed by atoms with E-state index in [1.807, 2.05) is 6.08 Å². The first-order chi connectivity index (χ1) is 16.2.